The number of rotatable bonds is 3. The molecule has 1 aromatic rings. The van der Waals surface area contributed by atoms with Crippen LogP contribution in [0.1, 0.15) is 35.3 Å². The second-order valence-electron chi connectivity index (χ2n) is 3.16. The third-order valence-electron chi connectivity index (χ3n) is 2.38. The molecule has 3 heteroatoms. The van der Waals surface area contributed by atoms with Crippen molar-refractivity contribution in [2.75, 3.05) is 0 Å². The molecule has 0 saturated carbocycles. The van der Waals surface area contributed by atoms with Gasteiger partial charge in [-0.2, -0.15) is 0 Å². The predicted molar refractivity (Wildman–Crippen MR) is 55.4 cm³/mol. The number of hydrogen-bond donors (Lipinski definition) is 2. The van der Waals surface area contributed by atoms with Crippen molar-refractivity contribution >= 4 is 5.91 Å². The van der Waals surface area contributed by atoms with E-state index in [1.165, 1.54) is 6.07 Å². The molecule has 1 amide bonds. The van der Waals surface area contributed by atoms with Crippen LogP contribution >= 0.6 is 0 Å². The first-order valence-corrected chi connectivity index (χ1v) is 4.75. The normalized spacial score (nSPS) is 10.1. The fourth-order valence-electron chi connectivity index (χ4n) is 1.71. The molecule has 0 aliphatic rings. The molecular weight excluding hydrogens is 178 g/mol. The largest absolute Gasteiger partial charge is 0.508 e. The zero-order chi connectivity index (χ0) is 10.7. The molecule has 0 unspecified atom stereocenters. The highest BCUT2D eigenvalue weighted by molar-refractivity contribution is 5.95. The quantitative estimate of drug-likeness (QED) is 0.766. The standard InChI is InChI=1S/C11H15NO2/c1-3-7-8(4-2)10(13)6-5-9(7)11(12)14/h5-6,13H,3-4H2,1-2H3,(H2,12,14). The Morgan fingerprint density at radius 3 is 2.29 bits per heavy atom. The smallest absolute Gasteiger partial charge is 0.248 e. The number of amides is 1. The fourth-order valence-corrected chi connectivity index (χ4v) is 1.71. The van der Waals surface area contributed by atoms with E-state index in [4.69, 9.17) is 5.73 Å². The van der Waals surface area contributed by atoms with E-state index in [1.54, 1.807) is 6.07 Å². The van der Waals surface area contributed by atoms with Crippen molar-refractivity contribution in [3.05, 3.63) is 28.8 Å². The summed E-state index contributed by atoms with van der Waals surface area (Å²) in [5.74, 6) is -0.189. The van der Waals surface area contributed by atoms with Crippen LogP contribution in [0.4, 0.5) is 0 Å². The molecule has 0 aromatic heterocycles. The van der Waals surface area contributed by atoms with E-state index in [0.29, 0.717) is 18.4 Å². The van der Waals surface area contributed by atoms with Gasteiger partial charge in [-0.05, 0) is 36.1 Å². The Kier molecular flexibility index (Phi) is 3.12. The summed E-state index contributed by atoms with van der Waals surface area (Å²) in [4.78, 5) is 11.1. The Bertz CT molecular complexity index is 359. The van der Waals surface area contributed by atoms with Crippen LogP contribution in [0.2, 0.25) is 0 Å². The van der Waals surface area contributed by atoms with Gasteiger partial charge in [0.2, 0.25) is 5.91 Å². The number of aromatic hydroxyl groups is 1. The molecule has 0 aliphatic heterocycles. The summed E-state index contributed by atoms with van der Waals surface area (Å²) in [6.07, 6.45) is 1.41. The molecule has 1 aromatic carbocycles. The lowest BCUT2D eigenvalue weighted by Crippen LogP contribution is -2.14. The molecule has 0 aliphatic carbocycles. The van der Waals surface area contributed by atoms with E-state index >= 15 is 0 Å². The molecule has 14 heavy (non-hydrogen) atoms. The first-order chi connectivity index (χ1) is 6.61. The van der Waals surface area contributed by atoms with Crippen LogP contribution in [0.3, 0.4) is 0 Å². The molecule has 0 saturated heterocycles. The Balaban J connectivity index is 3.40. The zero-order valence-electron chi connectivity index (χ0n) is 8.50. The molecule has 0 radical (unpaired) electrons. The van der Waals surface area contributed by atoms with Crippen molar-refractivity contribution in [2.45, 2.75) is 26.7 Å². The van der Waals surface area contributed by atoms with Crippen molar-refractivity contribution in [2.24, 2.45) is 5.73 Å². The van der Waals surface area contributed by atoms with Crippen molar-refractivity contribution in [1.82, 2.24) is 0 Å². The summed E-state index contributed by atoms with van der Waals surface area (Å²) in [6, 6.07) is 3.10. The van der Waals surface area contributed by atoms with Gasteiger partial charge in [-0.15, -0.1) is 0 Å². The Morgan fingerprint density at radius 1 is 1.29 bits per heavy atom. The van der Waals surface area contributed by atoms with E-state index < -0.39 is 5.91 Å². The number of carbonyl (C=O) groups excluding carboxylic acids is 1. The highest BCUT2D eigenvalue weighted by Crippen LogP contribution is 2.25. The molecule has 0 atom stereocenters. The van der Waals surface area contributed by atoms with Crippen LogP contribution in [0, 0.1) is 0 Å². The van der Waals surface area contributed by atoms with Gasteiger partial charge < -0.3 is 10.8 Å². The summed E-state index contributed by atoms with van der Waals surface area (Å²) in [6.45, 7) is 3.89. The summed E-state index contributed by atoms with van der Waals surface area (Å²) >= 11 is 0. The maximum absolute atomic E-state index is 11.1. The van der Waals surface area contributed by atoms with Gasteiger partial charge in [0.25, 0.3) is 0 Å². The number of nitrogens with two attached hydrogens (primary N) is 1. The summed E-state index contributed by atoms with van der Waals surface area (Å²) in [7, 11) is 0. The Morgan fingerprint density at radius 2 is 1.86 bits per heavy atom. The van der Waals surface area contributed by atoms with Crippen LogP contribution < -0.4 is 5.73 Å². The second-order valence-corrected chi connectivity index (χ2v) is 3.16. The van der Waals surface area contributed by atoms with Crippen LogP contribution in [0.25, 0.3) is 0 Å². The second kappa shape index (κ2) is 4.13. The summed E-state index contributed by atoms with van der Waals surface area (Å²) in [5.41, 5.74) is 7.44. The maximum Gasteiger partial charge on any atom is 0.248 e. The highest BCUT2D eigenvalue weighted by atomic mass is 16.3. The number of benzene rings is 1. The van der Waals surface area contributed by atoms with Crippen molar-refractivity contribution < 1.29 is 9.90 Å². The van der Waals surface area contributed by atoms with E-state index in [0.717, 1.165) is 11.1 Å². The molecular formula is C11H15NO2. The molecule has 0 fully saturated rings. The van der Waals surface area contributed by atoms with Crippen molar-refractivity contribution in [3.8, 4) is 5.75 Å². The van der Waals surface area contributed by atoms with Crippen LogP contribution in [0.15, 0.2) is 12.1 Å². The van der Waals surface area contributed by atoms with Crippen molar-refractivity contribution in [3.63, 3.8) is 0 Å². The molecule has 1 rings (SSSR count). The van der Waals surface area contributed by atoms with Gasteiger partial charge >= 0.3 is 0 Å². The van der Waals surface area contributed by atoms with Crippen LogP contribution in [-0.4, -0.2) is 11.0 Å². The number of hydrogen-bond acceptors (Lipinski definition) is 2. The molecule has 0 spiro atoms. The minimum atomic E-state index is -0.434. The highest BCUT2D eigenvalue weighted by Gasteiger charge is 2.13. The number of primary amides is 1. The van der Waals surface area contributed by atoms with Crippen LogP contribution in [0.5, 0.6) is 5.75 Å². The van der Waals surface area contributed by atoms with E-state index in [2.05, 4.69) is 0 Å². The zero-order valence-corrected chi connectivity index (χ0v) is 8.50. The topological polar surface area (TPSA) is 63.3 Å². The van der Waals surface area contributed by atoms with E-state index in [1.807, 2.05) is 13.8 Å². The monoisotopic (exact) mass is 193 g/mol. The Hall–Kier alpha value is -1.51. The minimum absolute atomic E-state index is 0.245. The SMILES string of the molecule is CCc1c(O)ccc(C(N)=O)c1CC. The molecule has 3 nitrogen and oxygen atoms in total. The maximum atomic E-state index is 11.1. The Labute approximate surface area is 83.6 Å². The van der Waals surface area contributed by atoms with Gasteiger partial charge in [-0.1, -0.05) is 13.8 Å². The number of phenols is 1. The van der Waals surface area contributed by atoms with Gasteiger partial charge in [0.1, 0.15) is 5.75 Å². The van der Waals surface area contributed by atoms with Crippen LogP contribution in [-0.2, 0) is 12.8 Å². The summed E-state index contributed by atoms with van der Waals surface area (Å²) < 4.78 is 0. The first-order valence-electron chi connectivity index (χ1n) is 4.75. The lowest BCUT2D eigenvalue weighted by Gasteiger charge is -2.11. The number of phenolic OH excluding ortho intramolecular Hbond substituents is 1. The van der Waals surface area contributed by atoms with Gasteiger partial charge in [-0.3, -0.25) is 4.79 Å². The lowest BCUT2D eigenvalue weighted by atomic mass is 9.96. The van der Waals surface area contributed by atoms with Gasteiger partial charge in [0.15, 0.2) is 0 Å². The first kappa shape index (κ1) is 10.6. The average Bonchev–Trinajstić information content (AvgIpc) is 2.16. The lowest BCUT2D eigenvalue weighted by molar-refractivity contribution is 0.0999. The molecule has 3 N–H and O–H groups in total. The van der Waals surface area contributed by atoms with E-state index in [-0.39, 0.29) is 5.75 Å². The minimum Gasteiger partial charge on any atom is -0.508 e. The van der Waals surface area contributed by atoms with Gasteiger partial charge in [0.05, 0.1) is 0 Å². The predicted octanol–water partition coefficient (Wildman–Crippen LogP) is 1.62. The van der Waals surface area contributed by atoms with Gasteiger partial charge in [-0.25, -0.2) is 0 Å². The number of carbonyl (C=O) groups is 1. The third kappa shape index (κ3) is 1.71. The molecule has 76 valence electrons. The summed E-state index contributed by atoms with van der Waals surface area (Å²) in [5, 5.41) is 9.58. The fraction of sp³-hybridized carbons (Fsp3) is 0.364. The molecule has 0 bridgehead atoms. The van der Waals surface area contributed by atoms with Gasteiger partial charge in [0, 0.05) is 5.56 Å². The average molecular weight is 193 g/mol. The van der Waals surface area contributed by atoms with E-state index in [9.17, 15) is 9.90 Å². The molecule has 0 heterocycles. The third-order valence-corrected chi connectivity index (χ3v) is 2.38. The van der Waals surface area contributed by atoms with Crippen molar-refractivity contribution in [1.29, 1.82) is 0 Å².